The lowest BCUT2D eigenvalue weighted by atomic mass is 9.67. The fourth-order valence-electron chi connectivity index (χ4n) is 3.05. The normalized spacial score (nSPS) is 16.1. The van der Waals surface area contributed by atoms with Crippen molar-refractivity contribution < 1.29 is 17.9 Å². The van der Waals surface area contributed by atoms with E-state index < -0.39 is 11.7 Å². The molecule has 7 heteroatoms. The first-order valence-electron chi connectivity index (χ1n) is 8.98. The van der Waals surface area contributed by atoms with Crippen molar-refractivity contribution in [3.05, 3.63) is 35.4 Å². The second kappa shape index (κ2) is 9.65. The predicted molar refractivity (Wildman–Crippen MR) is 100 cm³/mol. The highest BCUT2D eigenvalue weighted by molar-refractivity contribution is 5.79. The topological polar surface area (TPSA) is 45.7 Å². The molecular formula is C20H26F3N3O. The van der Waals surface area contributed by atoms with Crippen LogP contribution in [0.2, 0.25) is 0 Å². The summed E-state index contributed by atoms with van der Waals surface area (Å²) in [6.07, 6.45) is 0.246. The first kappa shape index (κ1) is 21.1. The molecule has 1 saturated carbocycles. The van der Waals surface area contributed by atoms with Gasteiger partial charge in [0.15, 0.2) is 5.96 Å². The van der Waals surface area contributed by atoms with E-state index in [-0.39, 0.29) is 5.41 Å². The Kier molecular flexibility index (Phi) is 7.55. The number of alkyl halides is 3. The van der Waals surface area contributed by atoms with Crippen LogP contribution in [0.3, 0.4) is 0 Å². The van der Waals surface area contributed by atoms with Gasteiger partial charge in [-0.05, 0) is 42.9 Å². The van der Waals surface area contributed by atoms with Crippen LogP contribution in [0, 0.1) is 17.3 Å². The summed E-state index contributed by atoms with van der Waals surface area (Å²) in [6.45, 7) is 1.86. The second-order valence-electron chi connectivity index (χ2n) is 6.76. The number of guanidine groups is 1. The number of halogens is 3. The molecule has 27 heavy (non-hydrogen) atoms. The van der Waals surface area contributed by atoms with E-state index in [1.54, 1.807) is 20.2 Å². The molecule has 4 nitrogen and oxygen atoms in total. The standard InChI is InChI=1S/C20H26F3N3O/c1-24-18(26-15-19(9-5-10-19)11-13-27-2)25-12-4-7-16-6-3-8-17(14-16)20(21,22)23/h3,6,8,14H,5,9-13,15H2,1-2H3,(H2,24,25,26). The zero-order valence-electron chi connectivity index (χ0n) is 15.7. The van der Waals surface area contributed by atoms with E-state index in [0.29, 0.717) is 18.1 Å². The Hall–Kier alpha value is -2.20. The van der Waals surface area contributed by atoms with Crippen molar-refractivity contribution in [1.29, 1.82) is 0 Å². The summed E-state index contributed by atoms with van der Waals surface area (Å²) in [4.78, 5) is 4.17. The number of methoxy groups -OCH3 is 1. The highest BCUT2D eigenvalue weighted by atomic mass is 19.4. The lowest BCUT2D eigenvalue weighted by Crippen LogP contribution is -2.47. The van der Waals surface area contributed by atoms with Gasteiger partial charge in [-0.3, -0.25) is 4.99 Å². The van der Waals surface area contributed by atoms with E-state index in [9.17, 15) is 13.2 Å². The molecule has 0 spiro atoms. The average Bonchev–Trinajstić information content (AvgIpc) is 2.61. The minimum absolute atomic E-state index is 0.261. The van der Waals surface area contributed by atoms with Crippen molar-refractivity contribution in [2.24, 2.45) is 10.4 Å². The number of hydrogen-bond acceptors (Lipinski definition) is 2. The van der Waals surface area contributed by atoms with Crippen LogP contribution < -0.4 is 10.6 Å². The first-order chi connectivity index (χ1) is 12.9. The van der Waals surface area contributed by atoms with Gasteiger partial charge in [-0.2, -0.15) is 13.2 Å². The Morgan fingerprint density at radius 1 is 1.30 bits per heavy atom. The fraction of sp³-hybridized carbons (Fsp3) is 0.550. The third kappa shape index (κ3) is 6.47. The van der Waals surface area contributed by atoms with Gasteiger partial charge in [0.25, 0.3) is 0 Å². The molecule has 0 saturated heterocycles. The molecule has 2 rings (SSSR count). The average molecular weight is 381 g/mol. The highest BCUT2D eigenvalue weighted by Crippen LogP contribution is 2.43. The Morgan fingerprint density at radius 2 is 2.07 bits per heavy atom. The van der Waals surface area contributed by atoms with Crippen LogP contribution in [-0.2, 0) is 10.9 Å². The van der Waals surface area contributed by atoms with Gasteiger partial charge in [0, 0.05) is 32.9 Å². The molecule has 0 radical (unpaired) electrons. The minimum Gasteiger partial charge on any atom is -0.385 e. The third-order valence-corrected chi connectivity index (χ3v) is 4.87. The van der Waals surface area contributed by atoms with Gasteiger partial charge in [-0.1, -0.05) is 24.3 Å². The summed E-state index contributed by atoms with van der Waals surface area (Å²) in [6, 6.07) is 5.01. The van der Waals surface area contributed by atoms with Crippen LogP contribution in [0.15, 0.2) is 29.3 Å². The first-order valence-corrected chi connectivity index (χ1v) is 8.98. The Bertz CT molecular complexity index is 700. The zero-order chi connectivity index (χ0) is 19.8. The molecule has 0 heterocycles. The molecule has 0 amide bonds. The molecule has 1 aromatic carbocycles. The second-order valence-corrected chi connectivity index (χ2v) is 6.76. The molecule has 0 unspecified atom stereocenters. The van der Waals surface area contributed by atoms with Crippen LogP contribution in [0.4, 0.5) is 13.2 Å². The van der Waals surface area contributed by atoms with E-state index in [2.05, 4.69) is 27.5 Å². The van der Waals surface area contributed by atoms with E-state index >= 15 is 0 Å². The Balaban J connectivity index is 1.83. The molecule has 0 atom stereocenters. The fourth-order valence-corrected chi connectivity index (χ4v) is 3.05. The van der Waals surface area contributed by atoms with Gasteiger partial charge >= 0.3 is 6.18 Å². The summed E-state index contributed by atoms with van der Waals surface area (Å²) in [5, 5.41) is 6.39. The zero-order valence-corrected chi connectivity index (χ0v) is 15.7. The summed E-state index contributed by atoms with van der Waals surface area (Å²) in [5.41, 5.74) is -0.0960. The summed E-state index contributed by atoms with van der Waals surface area (Å²) in [7, 11) is 3.39. The third-order valence-electron chi connectivity index (χ3n) is 4.87. The molecule has 1 aromatic rings. The largest absolute Gasteiger partial charge is 0.416 e. The summed E-state index contributed by atoms with van der Waals surface area (Å²) < 4.78 is 43.3. The number of aliphatic imine (C=N–C) groups is 1. The smallest absolute Gasteiger partial charge is 0.385 e. The van der Waals surface area contributed by atoms with Gasteiger partial charge in [0.1, 0.15) is 0 Å². The summed E-state index contributed by atoms with van der Waals surface area (Å²) in [5.74, 6) is 6.22. The van der Waals surface area contributed by atoms with E-state index in [4.69, 9.17) is 4.74 Å². The van der Waals surface area contributed by atoms with Crippen LogP contribution in [0.1, 0.15) is 36.8 Å². The summed E-state index contributed by atoms with van der Waals surface area (Å²) >= 11 is 0. The molecule has 1 aliphatic rings. The van der Waals surface area contributed by atoms with E-state index in [1.807, 2.05) is 0 Å². The van der Waals surface area contributed by atoms with E-state index in [0.717, 1.165) is 31.7 Å². The lowest BCUT2D eigenvalue weighted by molar-refractivity contribution is -0.137. The van der Waals surface area contributed by atoms with Crippen LogP contribution in [-0.4, -0.2) is 39.8 Å². The van der Waals surface area contributed by atoms with Gasteiger partial charge in [-0.15, -0.1) is 0 Å². The SMILES string of the molecule is CN=C(NCC#Cc1cccc(C(F)(F)F)c1)NCC1(CCOC)CCC1. The highest BCUT2D eigenvalue weighted by Gasteiger charge is 2.36. The van der Waals surface area contributed by atoms with Crippen LogP contribution in [0.5, 0.6) is 0 Å². The number of nitrogens with one attached hydrogen (secondary N) is 2. The lowest BCUT2D eigenvalue weighted by Gasteiger charge is -2.42. The monoisotopic (exact) mass is 381 g/mol. The maximum absolute atomic E-state index is 12.7. The Morgan fingerprint density at radius 3 is 2.67 bits per heavy atom. The number of ether oxygens (including phenoxy) is 1. The maximum atomic E-state index is 12.7. The number of nitrogens with zero attached hydrogens (tertiary/aromatic N) is 1. The quantitative estimate of drug-likeness (QED) is 0.451. The maximum Gasteiger partial charge on any atom is 0.416 e. The van der Waals surface area contributed by atoms with Crippen molar-refractivity contribution in [2.45, 2.75) is 31.9 Å². The van der Waals surface area contributed by atoms with Crippen molar-refractivity contribution in [1.82, 2.24) is 10.6 Å². The van der Waals surface area contributed by atoms with Gasteiger partial charge in [0.05, 0.1) is 12.1 Å². The van der Waals surface area contributed by atoms with Gasteiger partial charge in [-0.25, -0.2) is 0 Å². The molecule has 0 bridgehead atoms. The number of benzene rings is 1. The van der Waals surface area contributed by atoms with Crippen molar-refractivity contribution in [2.75, 3.05) is 33.9 Å². The van der Waals surface area contributed by atoms with Crippen molar-refractivity contribution in [3.8, 4) is 11.8 Å². The molecule has 0 aromatic heterocycles. The van der Waals surface area contributed by atoms with Crippen LogP contribution >= 0.6 is 0 Å². The van der Waals surface area contributed by atoms with Gasteiger partial charge < -0.3 is 15.4 Å². The Labute approximate surface area is 158 Å². The molecule has 1 fully saturated rings. The van der Waals surface area contributed by atoms with Crippen molar-refractivity contribution in [3.63, 3.8) is 0 Å². The van der Waals surface area contributed by atoms with Crippen molar-refractivity contribution >= 4 is 5.96 Å². The molecule has 2 N–H and O–H groups in total. The molecule has 0 aliphatic heterocycles. The van der Waals surface area contributed by atoms with Gasteiger partial charge in [0.2, 0.25) is 0 Å². The minimum atomic E-state index is -4.36. The molecular weight excluding hydrogens is 355 g/mol. The molecule has 148 valence electrons. The molecule has 1 aliphatic carbocycles. The van der Waals surface area contributed by atoms with E-state index in [1.165, 1.54) is 25.3 Å². The number of rotatable bonds is 6. The predicted octanol–water partition coefficient (Wildman–Crippen LogP) is 3.43. The number of hydrogen-bond donors (Lipinski definition) is 2. The van der Waals surface area contributed by atoms with Crippen LogP contribution in [0.25, 0.3) is 0 Å².